The Balaban J connectivity index is 1.75. The maximum atomic E-state index is 12.8. The van der Waals surface area contributed by atoms with Crippen LogP contribution in [0.1, 0.15) is 32.7 Å². The summed E-state index contributed by atoms with van der Waals surface area (Å²) >= 11 is 0. The highest BCUT2D eigenvalue weighted by Crippen LogP contribution is 2.29. The van der Waals surface area contributed by atoms with Gasteiger partial charge in [-0.15, -0.1) is 10.2 Å². The number of aliphatic carboxylic acids is 1. The predicted octanol–water partition coefficient (Wildman–Crippen LogP) is 1.61. The van der Waals surface area contributed by atoms with E-state index in [9.17, 15) is 9.59 Å². The van der Waals surface area contributed by atoms with Crippen molar-refractivity contribution in [2.45, 2.75) is 38.8 Å². The molecule has 0 bridgehead atoms. The van der Waals surface area contributed by atoms with Crippen molar-refractivity contribution in [3.63, 3.8) is 0 Å². The third-order valence-corrected chi connectivity index (χ3v) is 4.33. The minimum atomic E-state index is -0.906. The first-order valence-corrected chi connectivity index (χ1v) is 8.35. The van der Waals surface area contributed by atoms with Gasteiger partial charge in [0, 0.05) is 18.2 Å². The Labute approximate surface area is 145 Å². The van der Waals surface area contributed by atoms with Gasteiger partial charge in [-0.2, -0.15) is 4.80 Å². The quantitative estimate of drug-likeness (QED) is 0.819. The summed E-state index contributed by atoms with van der Waals surface area (Å²) in [5, 5.41) is 21.4. The topological polar surface area (TPSA) is 101 Å². The Bertz CT molecular complexity index is 757. The molecule has 2 unspecified atom stereocenters. The molecule has 1 aliphatic rings. The number of aromatic nitrogens is 4. The molecule has 2 atom stereocenters. The highest BCUT2D eigenvalue weighted by molar-refractivity contribution is 5.81. The fourth-order valence-electron chi connectivity index (χ4n) is 2.61. The zero-order valence-electron chi connectivity index (χ0n) is 14.2. The summed E-state index contributed by atoms with van der Waals surface area (Å²) in [7, 11) is 0. The molecule has 8 nitrogen and oxygen atoms in total. The second-order valence-electron chi connectivity index (χ2n) is 6.44. The number of carbonyl (C=O) groups is 2. The molecule has 1 aromatic heterocycles. The van der Waals surface area contributed by atoms with Crippen molar-refractivity contribution in [2.24, 2.45) is 5.92 Å². The van der Waals surface area contributed by atoms with E-state index in [-0.39, 0.29) is 18.5 Å². The van der Waals surface area contributed by atoms with Gasteiger partial charge in [0.25, 0.3) is 0 Å². The van der Waals surface area contributed by atoms with Crippen molar-refractivity contribution in [1.29, 1.82) is 0 Å². The van der Waals surface area contributed by atoms with E-state index in [0.717, 1.165) is 18.4 Å². The van der Waals surface area contributed by atoms with Crippen LogP contribution in [0.2, 0.25) is 0 Å². The molecule has 0 saturated heterocycles. The molecule has 1 aliphatic carbocycles. The van der Waals surface area contributed by atoms with E-state index < -0.39 is 17.9 Å². The number of nitrogens with zero attached hydrogens (tertiary/aromatic N) is 5. The molecule has 8 heteroatoms. The van der Waals surface area contributed by atoms with Crippen LogP contribution < -0.4 is 0 Å². The summed E-state index contributed by atoms with van der Waals surface area (Å²) in [6.07, 6.45) is 1.82. The van der Waals surface area contributed by atoms with Crippen LogP contribution in [0.3, 0.4) is 0 Å². The van der Waals surface area contributed by atoms with Crippen LogP contribution in [-0.2, 0) is 9.59 Å². The molecular weight excluding hydrogens is 322 g/mol. The summed E-state index contributed by atoms with van der Waals surface area (Å²) in [4.78, 5) is 26.9. The van der Waals surface area contributed by atoms with E-state index in [4.69, 9.17) is 5.11 Å². The molecule has 0 spiro atoms. The number of benzene rings is 1. The van der Waals surface area contributed by atoms with Crippen LogP contribution in [-0.4, -0.2) is 54.7 Å². The largest absolute Gasteiger partial charge is 0.481 e. The van der Waals surface area contributed by atoms with E-state index in [1.807, 2.05) is 30.3 Å². The highest BCUT2D eigenvalue weighted by atomic mass is 16.4. The SMILES string of the molecule is CC(CN(C(=O)C(C)n1nnc(-c2ccccc2)n1)C1CC1)C(=O)O. The maximum absolute atomic E-state index is 12.8. The highest BCUT2D eigenvalue weighted by Gasteiger charge is 2.37. The second-order valence-corrected chi connectivity index (χ2v) is 6.44. The summed E-state index contributed by atoms with van der Waals surface area (Å²) in [5.41, 5.74) is 0.826. The number of hydrogen-bond acceptors (Lipinski definition) is 5. The third-order valence-electron chi connectivity index (χ3n) is 4.33. The van der Waals surface area contributed by atoms with Gasteiger partial charge in [-0.3, -0.25) is 9.59 Å². The van der Waals surface area contributed by atoms with Gasteiger partial charge in [0.05, 0.1) is 5.92 Å². The van der Waals surface area contributed by atoms with Gasteiger partial charge < -0.3 is 10.0 Å². The fourth-order valence-corrected chi connectivity index (χ4v) is 2.61. The van der Waals surface area contributed by atoms with Gasteiger partial charge in [-0.25, -0.2) is 0 Å². The Hall–Kier alpha value is -2.77. The molecule has 1 fully saturated rings. The Morgan fingerprint density at radius 3 is 2.56 bits per heavy atom. The van der Waals surface area contributed by atoms with Gasteiger partial charge in [-0.1, -0.05) is 37.3 Å². The van der Waals surface area contributed by atoms with E-state index in [2.05, 4.69) is 15.4 Å². The van der Waals surface area contributed by atoms with Crippen LogP contribution >= 0.6 is 0 Å². The minimum absolute atomic E-state index is 0.119. The molecule has 0 aliphatic heterocycles. The van der Waals surface area contributed by atoms with Gasteiger partial charge >= 0.3 is 5.97 Å². The van der Waals surface area contributed by atoms with Crippen LogP contribution in [0.25, 0.3) is 11.4 Å². The monoisotopic (exact) mass is 343 g/mol. The lowest BCUT2D eigenvalue weighted by atomic mass is 10.1. The van der Waals surface area contributed by atoms with E-state index in [1.54, 1.807) is 18.7 Å². The third kappa shape index (κ3) is 3.84. The predicted molar refractivity (Wildman–Crippen MR) is 89.5 cm³/mol. The van der Waals surface area contributed by atoms with Crippen molar-refractivity contribution >= 4 is 11.9 Å². The number of hydrogen-bond donors (Lipinski definition) is 1. The Kier molecular flexibility index (Phi) is 4.78. The molecule has 25 heavy (non-hydrogen) atoms. The minimum Gasteiger partial charge on any atom is -0.481 e. The van der Waals surface area contributed by atoms with Crippen LogP contribution in [0, 0.1) is 5.92 Å². The van der Waals surface area contributed by atoms with Crippen molar-refractivity contribution in [2.75, 3.05) is 6.54 Å². The number of rotatable bonds is 7. The number of carboxylic acid groups (broad SMARTS) is 1. The number of carboxylic acids is 1. The summed E-state index contributed by atoms with van der Waals surface area (Å²) in [5.74, 6) is -1.23. The number of carbonyl (C=O) groups excluding carboxylic acids is 1. The first-order chi connectivity index (χ1) is 12.0. The first kappa shape index (κ1) is 17.1. The van der Waals surface area contributed by atoms with Crippen LogP contribution in [0.15, 0.2) is 30.3 Å². The summed E-state index contributed by atoms with van der Waals surface area (Å²) < 4.78 is 0. The molecule has 132 valence electrons. The molecule has 1 saturated carbocycles. The van der Waals surface area contributed by atoms with Gasteiger partial charge in [0.1, 0.15) is 6.04 Å². The molecule has 0 radical (unpaired) electrons. The molecule has 2 aromatic rings. The number of tetrazole rings is 1. The zero-order chi connectivity index (χ0) is 18.0. The maximum Gasteiger partial charge on any atom is 0.308 e. The fraction of sp³-hybridized carbons (Fsp3) is 0.471. The molecular formula is C17H21N5O3. The lowest BCUT2D eigenvalue weighted by Crippen LogP contribution is -2.42. The van der Waals surface area contributed by atoms with Crippen molar-refractivity contribution in [3.8, 4) is 11.4 Å². The second kappa shape index (κ2) is 7.00. The molecule has 1 heterocycles. The lowest BCUT2D eigenvalue weighted by Gasteiger charge is -2.26. The summed E-state index contributed by atoms with van der Waals surface area (Å²) in [6, 6.07) is 8.90. The molecule has 1 N–H and O–H groups in total. The average Bonchev–Trinajstić information content (AvgIpc) is 3.34. The van der Waals surface area contributed by atoms with Crippen molar-refractivity contribution < 1.29 is 14.7 Å². The van der Waals surface area contributed by atoms with E-state index >= 15 is 0 Å². The van der Waals surface area contributed by atoms with Crippen molar-refractivity contribution in [3.05, 3.63) is 30.3 Å². The Morgan fingerprint density at radius 1 is 1.28 bits per heavy atom. The van der Waals surface area contributed by atoms with E-state index in [0.29, 0.717) is 5.82 Å². The smallest absolute Gasteiger partial charge is 0.308 e. The van der Waals surface area contributed by atoms with Crippen LogP contribution in [0.4, 0.5) is 0 Å². The Morgan fingerprint density at radius 2 is 1.96 bits per heavy atom. The standard InChI is InChI=1S/C17H21N5O3/c1-11(17(24)25)10-21(14-8-9-14)16(23)12(2)22-19-15(18-20-22)13-6-4-3-5-7-13/h3-7,11-12,14H,8-10H2,1-2H3,(H,24,25). The van der Waals surface area contributed by atoms with Gasteiger partial charge in [-0.05, 0) is 25.0 Å². The summed E-state index contributed by atoms with van der Waals surface area (Å²) in [6.45, 7) is 3.51. The molecule has 3 rings (SSSR count). The van der Waals surface area contributed by atoms with Gasteiger partial charge in [0.15, 0.2) is 0 Å². The normalized spacial score (nSPS) is 16.2. The van der Waals surface area contributed by atoms with Gasteiger partial charge in [0.2, 0.25) is 11.7 Å². The zero-order valence-corrected chi connectivity index (χ0v) is 14.2. The lowest BCUT2D eigenvalue weighted by molar-refractivity contribution is -0.144. The van der Waals surface area contributed by atoms with Crippen molar-refractivity contribution in [1.82, 2.24) is 25.1 Å². The first-order valence-electron chi connectivity index (χ1n) is 8.35. The molecule has 1 aromatic carbocycles. The average molecular weight is 343 g/mol. The van der Waals surface area contributed by atoms with E-state index in [1.165, 1.54) is 4.80 Å². The molecule has 1 amide bonds. The number of amides is 1. The van der Waals surface area contributed by atoms with Crippen LogP contribution in [0.5, 0.6) is 0 Å².